The van der Waals surface area contributed by atoms with E-state index in [9.17, 15) is 13.7 Å². The summed E-state index contributed by atoms with van der Waals surface area (Å²) in [4.78, 5) is 22.2. The minimum atomic E-state index is -1.39. The number of ether oxygens (including phenoxy) is 1. The third-order valence-electron chi connectivity index (χ3n) is 8.73. The van der Waals surface area contributed by atoms with E-state index in [4.69, 9.17) is 15.0 Å². The largest absolute Gasteiger partial charge is 0.593 e. The van der Waals surface area contributed by atoms with Gasteiger partial charge in [-0.05, 0) is 66.3 Å². The van der Waals surface area contributed by atoms with Gasteiger partial charge >= 0.3 is 0 Å². The fourth-order valence-corrected chi connectivity index (χ4v) is 6.49. The number of fused-ring (bicyclic) bond motifs is 1. The van der Waals surface area contributed by atoms with Gasteiger partial charge in [-0.1, -0.05) is 31.2 Å². The summed E-state index contributed by atoms with van der Waals surface area (Å²) >= 11 is -1.39. The molecular weight excluding hydrogens is 620 g/mol. The maximum absolute atomic E-state index is 15.7. The first-order valence-corrected chi connectivity index (χ1v) is 16.7. The van der Waals surface area contributed by atoms with E-state index in [0.717, 1.165) is 37.3 Å². The molecule has 11 heteroatoms. The third kappa shape index (κ3) is 6.84. The molecule has 7 rings (SSSR count). The molecule has 1 N–H and O–H groups in total. The summed E-state index contributed by atoms with van der Waals surface area (Å²) < 4.78 is 52.6. The molecule has 8 nitrogen and oxygen atoms in total. The number of nitriles is 1. The molecule has 2 aliphatic rings. The molecule has 0 spiro atoms. The molecule has 2 saturated carbocycles. The average molecular weight is 652 g/mol. The maximum Gasteiger partial charge on any atom is 0.292 e. The highest BCUT2D eigenvalue weighted by atomic mass is 32.2. The second-order valence-corrected chi connectivity index (χ2v) is 14.1. The monoisotopic (exact) mass is 651 g/mol. The molecule has 47 heavy (non-hydrogen) atoms. The third-order valence-corrected chi connectivity index (χ3v) is 10.2. The summed E-state index contributed by atoms with van der Waals surface area (Å²) in [5.41, 5.74) is 4.06. The van der Waals surface area contributed by atoms with E-state index >= 15 is 4.39 Å². The van der Waals surface area contributed by atoms with Crippen LogP contribution in [0.2, 0.25) is 0 Å². The highest BCUT2D eigenvalue weighted by molar-refractivity contribution is 7.91. The van der Waals surface area contributed by atoms with Gasteiger partial charge < -0.3 is 13.9 Å². The average Bonchev–Trinajstić information content (AvgIpc) is 4.01. The van der Waals surface area contributed by atoms with Crippen LogP contribution in [0, 0.1) is 28.4 Å². The van der Waals surface area contributed by atoms with Crippen LogP contribution in [0.5, 0.6) is 5.88 Å². The van der Waals surface area contributed by atoms with Crippen molar-refractivity contribution in [2.24, 2.45) is 5.41 Å². The molecule has 1 unspecified atom stereocenters. The Bertz CT molecular complexity index is 2050. The van der Waals surface area contributed by atoms with Gasteiger partial charge in [-0.15, -0.1) is 0 Å². The number of halogens is 2. The van der Waals surface area contributed by atoms with Gasteiger partial charge in [0.25, 0.3) is 5.91 Å². The molecule has 2 aromatic heterocycles. The molecule has 0 bridgehead atoms. The van der Waals surface area contributed by atoms with Gasteiger partial charge in [-0.2, -0.15) is 9.98 Å². The lowest BCUT2D eigenvalue weighted by Crippen LogP contribution is -2.33. The first kappa shape index (κ1) is 30.8. The Labute approximate surface area is 273 Å². The smallest absolute Gasteiger partial charge is 0.292 e. The number of imidazole rings is 1. The minimum Gasteiger partial charge on any atom is -0.593 e. The van der Waals surface area contributed by atoms with Crippen LogP contribution < -0.4 is 9.46 Å². The number of rotatable bonds is 11. The quantitative estimate of drug-likeness (QED) is 0.158. The Morgan fingerprint density at radius 1 is 1.06 bits per heavy atom. The molecule has 3 aromatic carbocycles. The van der Waals surface area contributed by atoms with Gasteiger partial charge in [-0.25, -0.2) is 18.7 Å². The van der Waals surface area contributed by atoms with Crippen LogP contribution in [0.25, 0.3) is 22.3 Å². The van der Waals surface area contributed by atoms with Crippen LogP contribution in [-0.2, 0) is 30.9 Å². The van der Waals surface area contributed by atoms with Gasteiger partial charge in [0.15, 0.2) is 0 Å². The summed E-state index contributed by atoms with van der Waals surface area (Å²) in [6.07, 6.45) is 4.12. The Balaban J connectivity index is 1.11. The van der Waals surface area contributed by atoms with Crippen molar-refractivity contribution in [2.75, 3.05) is 0 Å². The summed E-state index contributed by atoms with van der Waals surface area (Å²) in [5.74, 6) is -0.373. The van der Waals surface area contributed by atoms with Crippen molar-refractivity contribution < 1.29 is 22.9 Å². The summed E-state index contributed by atoms with van der Waals surface area (Å²) in [7, 11) is 0. The van der Waals surface area contributed by atoms with E-state index in [1.165, 1.54) is 18.2 Å². The Hall–Kier alpha value is -4.79. The van der Waals surface area contributed by atoms with E-state index in [0.29, 0.717) is 40.3 Å². The molecule has 0 radical (unpaired) electrons. The van der Waals surface area contributed by atoms with Crippen LogP contribution in [0.15, 0.2) is 72.8 Å². The predicted molar refractivity (Wildman–Crippen MR) is 174 cm³/mol. The number of amides is 1. The molecule has 2 aliphatic carbocycles. The minimum absolute atomic E-state index is 0.0370. The van der Waals surface area contributed by atoms with Crippen LogP contribution in [0.3, 0.4) is 0 Å². The van der Waals surface area contributed by atoms with E-state index < -0.39 is 23.0 Å². The highest BCUT2D eigenvalue weighted by Crippen LogP contribution is 2.47. The number of carbonyl (C=O) groups excluding carboxylic acids is 1. The normalized spacial score (nSPS) is 15.6. The van der Waals surface area contributed by atoms with Crippen molar-refractivity contribution in [3.63, 3.8) is 0 Å². The number of pyridine rings is 1. The molecule has 0 aliphatic heterocycles. The standard InChI is InChI=1S/C36H31F2N5O3S/c1-36(13-14-36)21-43-32-17-25(35(44)42-47(45)27-10-11-27)9-12-31(32)40-33(43)18-23-7-8-24(16-29(23)38)30-3-2-4-34(41-30)46-20-26-6-5-22(19-39)15-28(26)37/h2-9,12,15-17,27H,10-11,13-14,18,20-21H2,1H3,(H,42,44). The zero-order valence-electron chi connectivity index (χ0n) is 25.6. The van der Waals surface area contributed by atoms with E-state index in [-0.39, 0.29) is 46.6 Å². The molecule has 5 aromatic rings. The molecule has 2 heterocycles. The molecule has 1 amide bonds. The van der Waals surface area contributed by atoms with E-state index in [2.05, 4.69) is 21.2 Å². The van der Waals surface area contributed by atoms with Gasteiger partial charge in [0.1, 0.15) is 29.3 Å². The van der Waals surface area contributed by atoms with Crippen LogP contribution in [0.1, 0.15) is 65.5 Å². The summed E-state index contributed by atoms with van der Waals surface area (Å²) in [6, 6.07) is 21.4. The Kier molecular flexibility index (Phi) is 8.16. The van der Waals surface area contributed by atoms with Gasteiger partial charge in [-0.3, -0.25) is 4.79 Å². The lowest BCUT2D eigenvalue weighted by Gasteiger charge is -2.15. The summed E-state index contributed by atoms with van der Waals surface area (Å²) in [5, 5.41) is 8.99. The van der Waals surface area contributed by atoms with Crippen LogP contribution in [0.4, 0.5) is 8.78 Å². The van der Waals surface area contributed by atoms with E-state index in [1.54, 1.807) is 48.5 Å². The SMILES string of the molecule is CC1(Cn2c(Cc3ccc(-c4cccc(OCc5ccc(C#N)cc5F)n4)cc3F)nc3ccc(C(=O)N[S+]([O-])C4CC4)cc32)CC1. The molecule has 0 saturated heterocycles. The lowest BCUT2D eigenvalue weighted by molar-refractivity contribution is 0.0981. The molecule has 1 atom stereocenters. The number of hydrogen-bond donors (Lipinski definition) is 1. The van der Waals surface area contributed by atoms with Crippen molar-refractivity contribution in [2.45, 2.75) is 57.4 Å². The molecular formula is C36H31F2N5O3S. The number of carbonyl (C=O) groups is 1. The van der Waals surface area contributed by atoms with Crippen LogP contribution in [-0.4, -0.2) is 30.2 Å². The number of nitrogens with zero attached hydrogens (tertiary/aromatic N) is 4. The van der Waals surface area contributed by atoms with Gasteiger partial charge in [0, 0.05) is 48.6 Å². The van der Waals surface area contributed by atoms with Crippen molar-refractivity contribution in [1.29, 1.82) is 5.26 Å². The van der Waals surface area contributed by atoms with Gasteiger partial charge in [0.05, 0.1) is 39.7 Å². The van der Waals surface area contributed by atoms with Crippen LogP contribution >= 0.6 is 0 Å². The second kappa shape index (κ2) is 12.4. The first-order valence-electron chi connectivity index (χ1n) is 15.5. The fraction of sp³-hybridized carbons (Fsp3) is 0.278. The van der Waals surface area contributed by atoms with Crippen molar-refractivity contribution in [3.05, 3.63) is 113 Å². The van der Waals surface area contributed by atoms with Crippen molar-refractivity contribution in [1.82, 2.24) is 19.3 Å². The highest BCUT2D eigenvalue weighted by Gasteiger charge is 2.39. The van der Waals surface area contributed by atoms with Crippen molar-refractivity contribution >= 4 is 28.3 Å². The number of benzene rings is 3. The van der Waals surface area contributed by atoms with Gasteiger partial charge in [0.2, 0.25) is 5.88 Å². The predicted octanol–water partition coefficient (Wildman–Crippen LogP) is 6.77. The Morgan fingerprint density at radius 2 is 1.85 bits per heavy atom. The zero-order chi connectivity index (χ0) is 32.7. The second-order valence-electron chi connectivity index (χ2n) is 12.6. The lowest BCUT2D eigenvalue weighted by atomic mass is 10.0. The van der Waals surface area contributed by atoms with E-state index in [1.807, 2.05) is 6.07 Å². The topological polar surface area (TPSA) is 116 Å². The fourth-order valence-electron chi connectivity index (χ4n) is 5.46. The Morgan fingerprint density at radius 3 is 2.57 bits per heavy atom. The molecule has 2 fully saturated rings. The number of hydrogen-bond acceptors (Lipinski definition) is 6. The molecule has 238 valence electrons. The zero-order valence-corrected chi connectivity index (χ0v) is 26.4. The maximum atomic E-state index is 15.7. The first-order chi connectivity index (χ1) is 22.7. The van der Waals surface area contributed by atoms with Crippen molar-refractivity contribution in [3.8, 4) is 23.2 Å². The number of nitrogens with one attached hydrogen (secondary N) is 1. The summed E-state index contributed by atoms with van der Waals surface area (Å²) in [6.45, 7) is 2.83. The number of aromatic nitrogens is 3.